The van der Waals surface area contributed by atoms with Crippen LogP contribution >= 0.6 is 11.8 Å². The van der Waals surface area contributed by atoms with Crippen molar-refractivity contribution in [2.24, 2.45) is 22.7 Å². The molecule has 3 aliphatic carbocycles. The SMILES string of the molecule is c1ccc2c(c1)C[C@@H]1C[C@@]34CSC[C@@]3(Cc3ccccc3C4)C[C@@H]1C2. The van der Waals surface area contributed by atoms with Crippen LogP contribution in [0.15, 0.2) is 48.5 Å². The Hall–Kier alpha value is -1.21. The maximum Gasteiger partial charge on any atom is -0.000156 e. The van der Waals surface area contributed by atoms with Crippen LogP contribution in [-0.2, 0) is 25.7 Å². The minimum Gasteiger partial charge on any atom is -0.161 e. The maximum absolute atomic E-state index is 2.42. The predicted octanol–water partition coefficient (Wildman–Crippen LogP) is 5.33. The van der Waals surface area contributed by atoms with Gasteiger partial charge in [-0.05, 0) is 95.0 Å². The molecule has 0 aromatic heterocycles. The molecule has 128 valence electrons. The van der Waals surface area contributed by atoms with E-state index in [0.29, 0.717) is 10.8 Å². The molecule has 2 aromatic rings. The Labute approximate surface area is 155 Å². The Kier molecular flexibility index (Phi) is 3.08. The fourth-order valence-electron chi connectivity index (χ4n) is 6.89. The topological polar surface area (TPSA) is 0 Å². The van der Waals surface area contributed by atoms with E-state index in [1.165, 1.54) is 50.0 Å². The van der Waals surface area contributed by atoms with Crippen molar-refractivity contribution >= 4 is 11.8 Å². The van der Waals surface area contributed by atoms with Crippen molar-refractivity contribution in [3.8, 4) is 0 Å². The number of rotatable bonds is 0. The van der Waals surface area contributed by atoms with Crippen LogP contribution < -0.4 is 0 Å². The van der Waals surface area contributed by atoms with Crippen molar-refractivity contribution in [3.05, 3.63) is 70.8 Å². The number of benzene rings is 2. The van der Waals surface area contributed by atoms with Gasteiger partial charge in [-0.15, -0.1) is 0 Å². The van der Waals surface area contributed by atoms with Crippen molar-refractivity contribution in [2.75, 3.05) is 11.5 Å². The summed E-state index contributed by atoms with van der Waals surface area (Å²) in [6, 6.07) is 18.6. The molecule has 4 aliphatic rings. The first-order valence-electron chi connectivity index (χ1n) is 9.98. The Balaban J connectivity index is 1.42. The smallest absolute Gasteiger partial charge is 0.000156 e. The number of fused-ring (bicyclic) bond motifs is 3. The van der Waals surface area contributed by atoms with Gasteiger partial charge in [0.25, 0.3) is 0 Å². The van der Waals surface area contributed by atoms with Gasteiger partial charge in [-0.25, -0.2) is 0 Å². The third-order valence-corrected chi connectivity index (χ3v) is 9.63. The van der Waals surface area contributed by atoms with E-state index in [1.54, 1.807) is 22.3 Å². The molecule has 1 saturated carbocycles. The van der Waals surface area contributed by atoms with E-state index in [4.69, 9.17) is 0 Å². The molecule has 0 spiro atoms. The Bertz CT molecular complexity index is 771. The molecule has 0 N–H and O–H groups in total. The van der Waals surface area contributed by atoms with Gasteiger partial charge in [-0.2, -0.15) is 11.8 Å². The normalized spacial score (nSPS) is 38.1. The molecule has 0 radical (unpaired) electrons. The summed E-state index contributed by atoms with van der Waals surface area (Å²) in [7, 11) is 0. The molecule has 2 fully saturated rings. The lowest BCUT2D eigenvalue weighted by Crippen LogP contribution is -2.55. The highest BCUT2D eigenvalue weighted by Gasteiger charge is 2.61. The zero-order valence-corrected chi connectivity index (χ0v) is 15.7. The van der Waals surface area contributed by atoms with Crippen LogP contribution in [0.25, 0.3) is 0 Å². The third-order valence-electron chi connectivity index (χ3n) is 8.11. The summed E-state index contributed by atoms with van der Waals surface area (Å²) in [5, 5.41) is 0. The summed E-state index contributed by atoms with van der Waals surface area (Å²) in [5.74, 6) is 4.66. The molecule has 1 aliphatic heterocycles. The van der Waals surface area contributed by atoms with E-state index >= 15 is 0 Å². The minimum absolute atomic E-state index is 0.583. The molecular weight excluding hydrogens is 320 g/mol. The van der Waals surface area contributed by atoms with Crippen LogP contribution in [0, 0.1) is 22.7 Å². The molecule has 0 nitrogen and oxygen atoms in total. The lowest BCUT2D eigenvalue weighted by Gasteiger charge is -2.58. The van der Waals surface area contributed by atoms with Gasteiger partial charge in [0.2, 0.25) is 0 Å². The second-order valence-corrected chi connectivity index (χ2v) is 10.3. The molecule has 6 rings (SSSR count). The summed E-state index contributed by atoms with van der Waals surface area (Å²) in [5.41, 5.74) is 7.79. The maximum atomic E-state index is 2.42. The highest BCUT2D eigenvalue weighted by atomic mass is 32.2. The van der Waals surface area contributed by atoms with Gasteiger partial charge in [0.1, 0.15) is 0 Å². The second kappa shape index (κ2) is 5.16. The minimum atomic E-state index is 0.583. The van der Waals surface area contributed by atoms with Crippen molar-refractivity contribution in [3.63, 3.8) is 0 Å². The zero-order chi connectivity index (χ0) is 16.5. The lowest BCUT2D eigenvalue weighted by atomic mass is 9.45. The zero-order valence-electron chi connectivity index (χ0n) is 14.8. The van der Waals surface area contributed by atoms with Crippen LogP contribution in [0.1, 0.15) is 35.1 Å². The van der Waals surface area contributed by atoms with Gasteiger partial charge in [0.15, 0.2) is 0 Å². The lowest BCUT2D eigenvalue weighted by molar-refractivity contribution is -0.0388. The average molecular weight is 347 g/mol. The fraction of sp³-hybridized carbons (Fsp3) is 0.500. The van der Waals surface area contributed by atoms with Crippen molar-refractivity contribution in [1.82, 2.24) is 0 Å². The second-order valence-electron chi connectivity index (χ2n) is 9.28. The van der Waals surface area contributed by atoms with E-state index in [-0.39, 0.29) is 0 Å². The van der Waals surface area contributed by atoms with Gasteiger partial charge in [0, 0.05) is 0 Å². The largest absolute Gasteiger partial charge is 0.161 e. The molecule has 0 bridgehead atoms. The van der Waals surface area contributed by atoms with E-state index in [2.05, 4.69) is 60.3 Å². The molecular formula is C24H26S. The summed E-state index contributed by atoms with van der Waals surface area (Å²) in [4.78, 5) is 0. The van der Waals surface area contributed by atoms with Crippen LogP contribution in [0.2, 0.25) is 0 Å². The molecule has 1 saturated heterocycles. The van der Waals surface area contributed by atoms with Crippen molar-refractivity contribution in [1.29, 1.82) is 0 Å². The highest BCUT2D eigenvalue weighted by Crippen LogP contribution is 2.67. The molecule has 2 aromatic carbocycles. The molecule has 1 heterocycles. The summed E-state index contributed by atoms with van der Waals surface area (Å²) >= 11 is 2.27. The van der Waals surface area contributed by atoms with Gasteiger partial charge in [-0.3, -0.25) is 0 Å². The fourth-order valence-corrected chi connectivity index (χ4v) is 8.82. The Morgan fingerprint density at radius 1 is 0.640 bits per heavy atom. The first-order valence-corrected chi connectivity index (χ1v) is 11.1. The van der Waals surface area contributed by atoms with E-state index in [1.807, 2.05) is 0 Å². The number of hydrogen-bond donors (Lipinski definition) is 0. The van der Waals surface area contributed by atoms with Gasteiger partial charge >= 0.3 is 0 Å². The molecule has 1 heteroatoms. The molecule has 25 heavy (non-hydrogen) atoms. The predicted molar refractivity (Wildman–Crippen MR) is 106 cm³/mol. The average Bonchev–Trinajstić information content (AvgIpc) is 2.99. The standard InChI is InChI=1S/C24H26S/c1-2-6-18-10-22-14-24-12-20-8-4-3-7-19(20)11-23(24,15-25-16-24)13-21(22)9-17(18)5-1/h1-8,21-22H,9-16H2/t21-,22+,23+,24-. The third kappa shape index (κ3) is 2.02. The van der Waals surface area contributed by atoms with Crippen LogP contribution in [0.4, 0.5) is 0 Å². The van der Waals surface area contributed by atoms with Crippen LogP contribution in [0.5, 0.6) is 0 Å². The van der Waals surface area contributed by atoms with Gasteiger partial charge in [-0.1, -0.05) is 48.5 Å². The Morgan fingerprint density at radius 3 is 1.56 bits per heavy atom. The molecule has 0 unspecified atom stereocenters. The van der Waals surface area contributed by atoms with Gasteiger partial charge < -0.3 is 0 Å². The van der Waals surface area contributed by atoms with Crippen molar-refractivity contribution in [2.45, 2.75) is 38.5 Å². The summed E-state index contributed by atoms with van der Waals surface area (Å²) < 4.78 is 0. The number of hydrogen-bond acceptors (Lipinski definition) is 1. The first kappa shape index (κ1) is 14.9. The van der Waals surface area contributed by atoms with E-state index < -0.39 is 0 Å². The summed E-state index contributed by atoms with van der Waals surface area (Å²) in [6.07, 6.45) is 8.33. The Morgan fingerprint density at radius 2 is 1.08 bits per heavy atom. The highest BCUT2D eigenvalue weighted by molar-refractivity contribution is 7.99. The van der Waals surface area contributed by atoms with E-state index in [0.717, 1.165) is 11.8 Å². The van der Waals surface area contributed by atoms with Crippen molar-refractivity contribution < 1.29 is 0 Å². The summed E-state index contributed by atoms with van der Waals surface area (Å²) in [6.45, 7) is 0. The number of thioether (sulfide) groups is 1. The van der Waals surface area contributed by atoms with Gasteiger partial charge in [0.05, 0.1) is 0 Å². The molecule has 0 amide bonds. The van der Waals surface area contributed by atoms with Crippen LogP contribution in [0.3, 0.4) is 0 Å². The first-order chi connectivity index (χ1) is 12.3. The van der Waals surface area contributed by atoms with E-state index in [9.17, 15) is 0 Å². The molecule has 4 atom stereocenters. The monoisotopic (exact) mass is 346 g/mol. The quantitative estimate of drug-likeness (QED) is 0.621. The van der Waals surface area contributed by atoms with Crippen LogP contribution in [-0.4, -0.2) is 11.5 Å².